The lowest BCUT2D eigenvalue weighted by atomic mass is 10.3. The number of benzene rings is 1. The largest absolute Gasteiger partial charge is 0.481 e. The minimum absolute atomic E-state index is 0.0877. The Morgan fingerprint density at radius 1 is 1.19 bits per heavy atom. The number of nitrogens with zero attached hydrogens (tertiary/aromatic N) is 1. The average molecular weight is 290 g/mol. The van der Waals surface area contributed by atoms with Crippen molar-refractivity contribution in [1.29, 1.82) is 0 Å². The molecule has 0 unspecified atom stereocenters. The van der Waals surface area contributed by atoms with Crippen LogP contribution >= 0.6 is 0 Å². The molecule has 21 heavy (non-hydrogen) atoms. The molecule has 0 bridgehead atoms. The van der Waals surface area contributed by atoms with Crippen molar-refractivity contribution in [3.63, 3.8) is 0 Å². The Morgan fingerprint density at radius 2 is 1.86 bits per heavy atom. The van der Waals surface area contributed by atoms with Crippen molar-refractivity contribution in [1.82, 2.24) is 9.88 Å². The molecule has 1 N–H and O–H groups in total. The molecule has 0 aliphatic carbocycles. The summed E-state index contributed by atoms with van der Waals surface area (Å²) >= 11 is 0. The molecule has 0 saturated carbocycles. The zero-order valence-corrected chi connectivity index (χ0v) is 12.2. The van der Waals surface area contributed by atoms with Crippen LogP contribution in [0.4, 0.5) is 4.39 Å². The zero-order valence-electron chi connectivity index (χ0n) is 12.2. The van der Waals surface area contributed by atoms with Crippen molar-refractivity contribution in [2.45, 2.75) is 20.4 Å². The first-order valence-electron chi connectivity index (χ1n) is 6.84. The number of aryl methyl sites for hydroxylation is 2. The predicted octanol–water partition coefficient (Wildman–Crippen LogP) is 2.44. The van der Waals surface area contributed by atoms with E-state index in [2.05, 4.69) is 9.88 Å². The van der Waals surface area contributed by atoms with Gasteiger partial charge in [-0.25, -0.2) is 4.39 Å². The Bertz CT molecular complexity index is 603. The minimum atomic E-state index is -0.469. The number of aromatic nitrogens is 1. The summed E-state index contributed by atoms with van der Waals surface area (Å²) in [5.74, 6) is -0.644. The van der Waals surface area contributed by atoms with Crippen molar-refractivity contribution >= 4 is 5.91 Å². The second-order valence-corrected chi connectivity index (χ2v) is 4.84. The van der Waals surface area contributed by atoms with E-state index in [1.165, 1.54) is 12.1 Å². The molecule has 0 spiro atoms. The van der Waals surface area contributed by atoms with Gasteiger partial charge in [0.25, 0.3) is 5.91 Å². The number of para-hydroxylation sites is 1. The summed E-state index contributed by atoms with van der Waals surface area (Å²) in [6.45, 7) is 5.07. The van der Waals surface area contributed by atoms with Gasteiger partial charge in [-0.05, 0) is 38.1 Å². The highest BCUT2D eigenvalue weighted by Gasteiger charge is 2.06. The topological polar surface area (TPSA) is 43.3 Å². The van der Waals surface area contributed by atoms with Gasteiger partial charge >= 0.3 is 0 Å². The monoisotopic (exact) mass is 290 g/mol. The van der Waals surface area contributed by atoms with Crippen LogP contribution in [0.5, 0.6) is 5.75 Å². The van der Waals surface area contributed by atoms with Gasteiger partial charge in [-0.3, -0.25) is 4.79 Å². The molecule has 112 valence electrons. The van der Waals surface area contributed by atoms with E-state index in [0.29, 0.717) is 13.1 Å². The van der Waals surface area contributed by atoms with Gasteiger partial charge in [0.05, 0.1) is 0 Å². The summed E-state index contributed by atoms with van der Waals surface area (Å²) in [7, 11) is 0. The summed E-state index contributed by atoms with van der Waals surface area (Å²) in [5, 5.41) is 2.76. The van der Waals surface area contributed by atoms with Crippen LogP contribution in [0.3, 0.4) is 0 Å². The first-order chi connectivity index (χ1) is 10.1. The molecule has 0 atom stereocenters. The number of carbonyl (C=O) groups is 1. The third-order valence-corrected chi connectivity index (χ3v) is 3.27. The smallest absolute Gasteiger partial charge is 0.258 e. The molecule has 0 radical (unpaired) electrons. The van der Waals surface area contributed by atoms with Crippen LogP contribution < -0.4 is 10.1 Å². The van der Waals surface area contributed by atoms with Crippen molar-refractivity contribution in [3.05, 3.63) is 53.6 Å². The van der Waals surface area contributed by atoms with Crippen LogP contribution in [0.2, 0.25) is 0 Å². The normalized spacial score (nSPS) is 10.4. The second-order valence-electron chi connectivity index (χ2n) is 4.84. The third kappa shape index (κ3) is 4.08. The number of halogens is 1. The standard InChI is InChI=1S/C16H19FN2O2/c1-12-7-8-13(2)19(12)10-9-18-16(20)11-21-15-6-4-3-5-14(15)17/h3-8H,9-11H2,1-2H3,(H,18,20). The highest BCUT2D eigenvalue weighted by Crippen LogP contribution is 2.14. The molecule has 2 aromatic rings. The van der Waals surface area contributed by atoms with Crippen LogP contribution in [0.15, 0.2) is 36.4 Å². The number of amides is 1. The van der Waals surface area contributed by atoms with E-state index in [9.17, 15) is 9.18 Å². The maximum Gasteiger partial charge on any atom is 0.258 e. The number of hydrogen-bond donors (Lipinski definition) is 1. The lowest BCUT2D eigenvalue weighted by Crippen LogP contribution is -2.32. The summed E-state index contributed by atoms with van der Waals surface area (Å²) < 4.78 is 20.6. The molecule has 0 fully saturated rings. The maximum absolute atomic E-state index is 13.3. The number of nitrogens with one attached hydrogen (secondary N) is 1. The number of rotatable bonds is 6. The zero-order chi connectivity index (χ0) is 15.2. The fraction of sp³-hybridized carbons (Fsp3) is 0.312. The van der Waals surface area contributed by atoms with E-state index < -0.39 is 5.82 Å². The third-order valence-electron chi connectivity index (χ3n) is 3.27. The molecule has 5 heteroatoms. The van der Waals surface area contributed by atoms with Crippen molar-refractivity contribution in [2.75, 3.05) is 13.2 Å². The fourth-order valence-electron chi connectivity index (χ4n) is 2.12. The SMILES string of the molecule is Cc1ccc(C)n1CCNC(=O)COc1ccccc1F. The number of hydrogen-bond acceptors (Lipinski definition) is 2. The van der Waals surface area contributed by atoms with Gasteiger partial charge in [0.2, 0.25) is 0 Å². The van der Waals surface area contributed by atoms with Crippen molar-refractivity contribution in [2.24, 2.45) is 0 Å². The van der Waals surface area contributed by atoms with Crippen LogP contribution in [0.25, 0.3) is 0 Å². The van der Waals surface area contributed by atoms with Gasteiger partial charge in [0.15, 0.2) is 18.2 Å². The highest BCUT2D eigenvalue weighted by molar-refractivity contribution is 5.77. The van der Waals surface area contributed by atoms with Crippen LogP contribution in [0, 0.1) is 19.7 Å². The molecule has 1 heterocycles. The van der Waals surface area contributed by atoms with Gasteiger partial charge in [0.1, 0.15) is 0 Å². The van der Waals surface area contributed by atoms with Gasteiger partial charge in [-0.2, -0.15) is 0 Å². The second kappa shape index (κ2) is 6.92. The first-order valence-corrected chi connectivity index (χ1v) is 6.84. The van der Waals surface area contributed by atoms with Crippen LogP contribution in [-0.4, -0.2) is 23.6 Å². The molecule has 2 rings (SSSR count). The Balaban J connectivity index is 1.74. The lowest BCUT2D eigenvalue weighted by molar-refractivity contribution is -0.123. The van der Waals surface area contributed by atoms with Crippen molar-refractivity contribution in [3.8, 4) is 5.75 Å². The Kier molecular flexibility index (Phi) is 4.98. The number of ether oxygens (including phenoxy) is 1. The molecule has 0 saturated heterocycles. The van der Waals surface area contributed by atoms with E-state index in [1.54, 1.807) is 12.1 Å². The Morgan fingerprint density at radius 3 is 2.52 bits per heavy atom. The van der Waals surface area contributed by atoms with E-state index in [1.807, 2.05) is 26.0 Å². The maximum atomic E-state index is 13.3. The highest BCUT2D eigenvalue weighted by atomic mass is 19.1. The Hall–Kier alpha value is -2.30. The van der Waals surface area contributed by atoms with Gasteiger partial charge in [-0.1, -0.05) is 12.1 Å². The van der Waals surface area contributed by atoms with E-state index in [4.69, 9.17) is 4.74 Å². The molecule has 1 aromatic heterocycles. The molecule has 0 aliphatic heterocycles. The molecule has 1 amide bonds. The summed E-state index contributed by atoms with van der Waals surface area (Å²) in [6, 6.07) is 10.1. The van der Waals surface area contributed by atoms with Gasteiger partial charge < -0.3 is 14.6 Å². The molecular formula is C16H19FN2O2. The minimum Gasteiger partial charge on any atom is -0.481 e. The predicted molar refractivity (Wildman–Crippen MR) is 78.8 cm³/mol. The summed E-state index contributed by atoms with van der Waals surface area (Å²) in [6.07, 6.45) is 0. The Labute approximate surface area is 123 Å². The molecule has 0 aliphatic rings. The van der Waals surface area contributed by atoms with E-state index >= 15 is 0 Å². The van der Waals surface area contributed by atoms with Crippen molar-refractivity contribution < 1.29 is 13.9 Å². The fourth-order valence-corrected chi connectivity index (χ4v) is 2.12. The summed E-state index contributed by atoms with van der Waals surface area (Å²) in [4.78, 5) is 11.7. The first kappa shape index (κ1) is 15.1. The van der Waals surface area contributed by atoms with Crippen LogP contribution in [0.1, 0.15) is 11.4 Å². The lowest BCUT2D eigenvalue weighted by Gasteiger charge is -2.11. The summed E-state index contributed by atoms with van der Waals surface area (Å²) in [5.41, 5.74) is 2.31. The molecular weight excluding hydrogens is 271 g/mol. The van der Waals surface area contributed by atoms with E-state index in [-0.39, 0.29) is 18.3 Å². The average Bonchev–Trinajstić information content (AvgIpc) is 2.78. The van der Waals surface area contributed by atoms with Gasteiger partial charge in [0, 0.05) is 24.5 Å². The van der Waals surface area contributed by atoms with Crippen LogP contribution in [-0.2, 0) is 11.3 Å². The van der Waals surface area contributed by atoms with E-state index in [0.717, 1.165) is 11.4 Å². The van der Waals surface area contributed by atoms with Gasteiger partial charge in [-0.15, -0.1) is 0 Å². The quantitative estimate of drug-likeness (QED) is 0.888. The molecule has 4 nitrogen and oxygen atoms in total. The number of carbonyl (C=O) groups excluding carboxylic acids is 1. The molecule has 1 aromatic carbocycles.